The van der Waals surface area contributed by atoms with E-state index < -0.39 is 11.6 Å². The molecule has 0 radical (unpaired) electrons. The number of rotatable bonds is 2. The minimum Gasteiger partial charge on any atom is -0.494 e. The molecule has 13 heavy (non-hydrogen) atoms. The van der Waals surface area contributed by atoms with Crippen LogP contribution in [-0.4, -0.2) is 6.61 Å². The van der Waals surface area contributed by atoms with E-state index in [1.807, 2.05) is 0 Å². The summed E-state index contributed by atoms with van der Waals surface area (Å²) in [5, 5.41) is 8.42. The van der Waals surface area contributed by atoms with Crippen molar-refractivity contribution in [3.63, 3.8) is 0 Å². The molecule has 0 N–H and O–H groups in total. The smallest absolute Gasteiger partial charge is 0.176 e. The van der Waals surface area contributed by atoms with Gasteiger partial charge in [-0.05, 0) is 6.92 Å². The number of benzene rings is 1. The standard InChI is InChI=1S/C9H7F2NO/c1-2-13-7-3-6(5-12)9(11)8(10)4-7/h3-4H,2H2,1H3. The van der Waals surface area contributed by atoms with E-state index in [4.69, 9.17) is 10.00 Å². The predicted molar refractivity (Wildman–Crippen MR) is 42.2 cm³/mol. The molecule has 2 nitrogen and oxygen atoms in total. The molecule has 0 bridgehead atoms. The maximum absolute atomic E-state index is 12.8. The number of halogens is 2. The summed E-state index contributed by atoms with van der Waals surface area (Å²) < 4.78 is 30.4. The molecule has 0 aromatic heterocycles. The lowest BCUT2D eigenvalue weighted by atomic mass is 10.2. The van der Waals surface area contributed by atoms with Crippen LogP contribution in [0.4, 0.5) is 8.78 Å². The van der Waals surface area contributed by atoms with E-state index in [2.05, 4.69) is 0 Å². The van der Waals surface area contributed by atoms with Crippen LogP contribution in [0.5, 0.6) is 5.75 Å². The van der Waals surface area contributed by atoms with E-state index in [1.165, 1.54) is 12.1 Å². The van der Waals surface area contributed by atoms with Crippen LogP contribution in [0.15, 0.2) is 12.1 Å². The molecule has 0 atom stereocenters. The lowest BCUT2D eigenvalue weighted by Crippen LogP contribution is -1.96. The highest BCUT2D eigenvalue weighted by molar-refractivity contribution is 5.38. The summed E-state index contributed by atoms with van der Waals surface area (Å²) in [6, 6.07) is 3.62. The molecular weight excluding hydrogens is 176 g/mol. The highest BCUT2D eigenvalue weighted by Gasteiger charge is 2.10. The van der Waals surface area contributed by atoms with Crippen molar-refractivity contribution < 1.29 is 13.5 Å². The zero-order valence-corrected chi connectivity index (χ0v) is 6.97. The van der Waals surface area contributed by atoms with Crippen LogP contribution in [0.2, 0.25) is 0 Å². The van der Waals surface area contributed by atoms with E-state index in [0.29, 0.717) is 6.61 Å². The zero-order valence-electron chi connectivity index (χ0n) is 6.97. The van der Waals surface area contributed by atoms with Crippen molar-refractivity contribution in [3.05, 3.63) is 29.3 Å². The van der Waals surface area contributed by atoms with Crippen molar-refractivity contribution in [2.45, 2.75) is 6.92 Å². The molecule has 68 valence electrons. The number of ether oxygens (including phenoxy) is 1. The SMILES string of the molecule is CCOc1cc(F)c(F)c(C#N)c1. The van der Waals surface area contributed by atoms with Gasteiger partial charge in [-0.2, -0.15) is 5.26 Å². The fourth-order valence-electron chi connectivity index (χ4n) is 0.896. The van der Waals surface area contributed by atoms with Gasteiger partial charge >= 0.3 is 0 Å². The van der Waals surface area contributed by atoms with Crippen molar-refractivity contribution in [1.29, 1.82) is 5.26 Å². The van der Waals surface area contributed by atoms with Crippen LogP contribution in [0.3, 0.4) is 0 Å². The Morgan fingerprint density at radius 3 is 2.69 bits per heavy atom. The van der Waals surface area contributed by atoms with Gasteiger partial charge in [-0.1, -0.05) is 0 Å². The third kappa shape index (κ3) is 1.94. The van der Waals surface area contributed by atoms with E-state index in [9.17, 15) is 8.78 Å². The van der Waals surface area contributed by atoms with Crippen LogP contribution >= 0.6 is 0 Å². The lowest BCUT2D eigenvalue weighted by molar-refractivity contribution is 0.336. The third-order valence-corrected chi connectivity index (χ3v) is 1.43. The Morgan fingerprint density at radius 1 is 1.46 bits per heavy atom. The first kappa shape index (κ1) is 9.46. The fourth-order valence-corrected chi connectivity index (χ4v) is 0.896. The summed E-state index contributed by atoms with van der Waals surface area (Å²) in [7, 11) is 0. The van der Waals surface area contributed by atoms with Crippen LogP contribution in [0, 0.1) is 23.0 Å². The topological polar surface area (TPSA) is 33.0 Å². The monoisotopic (exact) mass is 183 g/mol. The highest BCUT2D eigenvalue weighted by atomic mass is 19.2. The second-order valence-electron chi connectivity index (χ2n) is 2.31. The molecule has 1 aromatic rings. The van der Waals surface area contributed by atoms with Crippen molar-refractivity contribution in [2.75, 3.05) is 6.61 Å². The average Bonchev–Trinajstić information content (AvgIpc) is 2.11. The van der Waals surface area contributed by atoms with Gasteiger partial charge in [-0.25, -0.2) is 8.78 Å². The van der Waals surface area contributed by atoms with E-state index >= 15 is 0 Å². The van der Waals surface area contributed by atoms with Gasteiger partial charge in [-0.15, -0.1) is 0 Å². The molecule has 0 aliphatic carbocycles. The highest BCUT2D eigenvalue weighted by Crippen LogP contribution is 2.19. The molecule has 4 heteroatoms. The second-order valence-corrected chi connectivity index (χ2v) is 2.31. The quantitative estimate of drug-likeness (QED) is 0.704. The fraction of sp³-hybridized carbons (Fsp3) is 0.222. The van der Waals surface area contributed by atoms with Crippen molar-refractivity contribution in [1.82, 2.24) is 0 Å². The lowest BCUT2D eigenvalue weighted by Gasteiger charge is -2.03. The first-order chi connectivity index (χ1) is 6.19. The number of nitrogens with zero attached hydrogens (tertiary/aromatic N) is 1. The van der Waals surface area contributed by atoms with Crippen LogP contribution in [0.1, 0.15) is 12.5 Å². The molecule has 0 amide bonds. The molecule has 0 aliphatic rings. The Morgan fingerprint density at radius 2 is 2.15 bits per heavy atom. The van der Waals surface area contributed by atoms with Gasteiger partial charge in [0.25, 0.3) is 0 Å². The molecule has 1 rings (SSSR count). The number of nitriles is 1. The Hall–Kier alpha value is -1.63. The average molecular weight is 183 g/mol. The largest absolute Gasteiger partial charge is 0.494 e. The molecule has 1 aromatic carbocycles. The van der Waals surface area contributed by atoms with Gasteiger partial charge in [0.2, 0.25) is 0 Å². The zero-order chi connectivity index (χ0) is 9.84. The van der Waals surface area contributed by atoms with Gasteiger partial charge in [0.1, 0.15) is 11.8 Å². The summed E-state index contributed by atoms with van der Waals surface area (Å²) in [6.45, 7) is 2.06. The molecule has 0 aliphatic heterocycles. The Balaban J connectivity index is 3.16. The summed E-state index contributed by atoms with van der Waals surface area (Å²) >= 11 is 0. The maximum Gasteiger partial charge on any atom is 0.176 e. The van der Waals surface area contributed by atoms with E-state index in [0.717, 1.165) is 6.07 Å². The molecule has 0 saturated carbocycles. The Labute approximate surface area is 74.4 Å². The van der Waals surface area contributed by atoms with E-state index in [-0.39, 0.29) is 11.3 Å². The van der Waals surface area contributed by atoms with Crippen LogP contribution in [0.25, 0.3) is 0 Å². The normalized spacial score (nSPS) is 9.38. The first-order valence-corrected chi connectivity index (χ1v) is 3.71. The molecule has 0 saturated heterocycles. The molecular formula is C9H7F2NO. The second kappa shape index (κ2) is 3.85. The Kier molecular flexibility index (Phi) is 2.80. The minimum atomic E-state index is -1.13. The van der Waals surface area contributed by atoms with Gasteiger partial charge < -0.3 is 4.74 Å². The summed E-state index contributed by atoms with van der Waals surface area (Å²) in [5.74, 6) is -2.04. The molecule has 0 fully saturated rings. The minimum absolute atomic E-state index is 0.165. The predicted octanol–water partition coefficient (Wildman–Crippen LogP) is 2.24. The van der Waals surface area contributed by atoms with E-state index in [1.54, 1.807) is 6.92 Å². The van der Waals surface area contributed by atoms with Crippen molar-refractivity contribution >= 4 is 0 Å². The van der Waals surface area contributed by atoms with Gasteiger partial charge in [0, 0.05) is 12.1 Å². The summed E-state index contributed by atoms with van der Waals surface area (Å²) in [5.41, 5.74) is -0.344. The molecule has 0 heterocycles. The van der Waals surface area contributed by atoms with Gasteiger partial charge in [0.05, 0.1) is 12.2 Å². The number of hydrogen-bond acceptors (Lipinski definition) is 2. The van der Waals surface area contributed by atoms with Crippen molar-refractivity contribution in [3.8, 4) is 11.8 Å². The van der Waals surface area contributed by atoms with Crippen molar-refractivity contribution in [2.24, 2.45) is 0 Å². The molecule has 0 unspecified atom stereocenters. The van der Waals surface area contributed by atoms with Gasteiger partial charge in [-0.3, -0.25) is 0 Å². The molecule has 0 spiro atoms. The van der Waals surface area contributed by atoms with Crippen LogP contribution < -0.4 is 4.74 Å². The maximum atomic E-state index is 12.8. The third-order valence-electron chi connectivity index (χ3n) is 1.43. The summed E-state index contributed by atoms with van der Waals surface area (Å²) in [4.78, 5) is 0. The Bertz CT molecular complexity index is 357. The summed E-state index contributed by atoms with van der Waals surface area (Å²) in [6.07, 6.45) is 0. The van der Waals surface area contributed by atoms with Gasteiger partial charge in [0.15, 0.2) is 11.6 Å². The van der Waals surface area contributed by atoms with Crippen LogP contribution in [-0.2, 0) is 0 Å². The first-order valence-electron chi connectivity index (χ1n) is 3.71. The number of hydrogen-bond donors (Lipinski definition) is 0.